The van der Waals surface area contributed by atoms with Gasteiger partial charge in [-0.15, -0.1) is 0 Å². The first-order chi connectivity index (χ1) is 14.8. The summed E-state index contributed by atoms with van der Waals surface area (Å²) in [5.74, 6) is -0.524. The predicted molar refractivity (Wildman–Crippen MR) is 112 cm³/mol. The Morgan fingerprint density at radius 1 is 1.26 bits per heavy atom. The van der Waals surface area contributed by atoms with Crippen LogP contribution in [0.15, 0.2) is 48.7 Å². The number of allylic oxidation sites excluding steroid dienone is 1. The first-order valence-corrected chi connectivity index (χ1v) is 9.25. The molecule has 0 saturated carbocycles. The van der Waals surface area contributed by atoms with Crippen molar-refractivity contribution in [3.05, 3.63) is 87.0 Å². The van der Waals surface area contributed by atoms with E-state index in [1.807, 2.05) is 0 Å². The van der Waals surface area contributed by atoms with Crippen molar-refractivity contribution in [2.45, 2.75) is 13.5 Å². The number of nitro groups is 1. The number of halogens is 1. The Morgan fingerprint density at radius 2 is 2.03 bits per heavy atom. The van der Waals surface area contributed by atoms with Crippen LogP contribution in [0.25, 0.3) is 6.08 Å². The summed E-state index contributed by atoms with van der Waals surface area (Å²) in [6, 6.07) is 8.18. The molecule has 0 atom stereocenters. The molecule has 0 N–H and O–H groups in total. The van der Waals surface area contributed by atoms with Gasteiger partial charge in [0.25, 0.3) is 0 Å². The van der Waals surface area contributed by atoms with E-state index < -0.39 is 10.7 Å². The number of aryl methyl sites for hydroxylation is 2. The van der Waals surface area contributed by atoms with Crippen molar-refractivity contribution in [1.82, 2.24) is 9.78 Å². The molecule has 0 radical (unpaired) electrons. The number of carbonyl (C=O) groups excluding carboxylic acids is 1. The summed E-state index contributed by atoms with van der Waals surface area (Å²) in [7, 11) is 3.22. The smallest absolute Gasteiger partial charge is 0.311 e. The molecule has 3 rings (SSSR count). The first-order valence-electron chi connectivity index (χ1n) is 9.25. The fourth-order valence-corrected chi connectivity index (χ4v) is 3.03. The van der Waals surface area contributed by atoms with E-state index in [1.54, 1.807) is 49.1 Å². The molecule has 1 aromatic heterocycles. The van der Waals surface area contributed by atoms with E-state index in [0.717, 1.165) is 18.2 Å². The van der Waals surface area contributed by atoms with Crippen LogP contribution < -0.4 is 9.47 Å². The van der Waals surface area contributed by atoms with Crippen molar-refractivity contribution in [3.63, 3.8) is 0 Å². The first kappa shape index (κ1) is 21.7. The van der Waals surface area contributed by atoms with Gasteiger partial charge in [-0.1, -0.05) is 12.1 Å². The lowest BCUT2D eigenvalue weighted by Crippen LogP contribution is -2.02. The van der Waals surface area contributed by atoms with Gasteiger partial charge in [0, 0.05) is 30.9 Å². The number of methoxy groups -OCH3 is 1. The Kier molecular flexibility index (Phi) is 6.44. The van der Waals surface area contributed by atoms with Crippen LogP contribution in [0.5, 0.6) is 11.5 Å². The SMILES string of the molecule is COc1ccc(/C=C/C(=O)c2cn(C)nc2C)cc1COc1cc(F)ccc1[N+](=O)[O-]. The van der Waals surface area contributed by atoms with Crippen LogP contribution >= 0.6 is 0 Å². The average molecular weight is 425 g/mol. The zero-order chi connectivity index (χ0) is 22.5. The van der Waals surface area contributed by atoms with Gasteiger partial charge in [0.2, 0.25) is 0 Å². The zero-order valence-electron chi connectivity index (χ0n) is 17.2. The van der Waals surface area contributed by atoms with E-state index in [2.05, 4.69) is 5.10 Å². The van der Waals surface area contributed by atoms with Gasteiger partial charge in [0.15, 0.2) is 11.5 Å². The topological polar surface area (TPSA) is 96.5 Å². The fourth-order valence-electron chi connectivity index (χ4n) is 3.03. The Morgan fingerprint density at radius 3 is 2.68 bits per heavy atom. The molecular formula is C22H20FN3O5. The number of nitro benzene ring substituents is 1. The quantitative estimate of drug-likeness (QED) is 0.232. The molecule has 0 aliphatic carbocycles. The number of hydrogen-bond donors (Lipinski definition) is 0. The van der Waals surface area contributed by atoms with Crippen LogP contribution in [0.3, 0.4) is 0 Å². The van der Waals surface area contributed by atoms with Crippen LogP contribution in [-0.4, -0.2) is 27.6 Å². The number of ether oxygens (including phenoxy) is 2. The Balaban J connectivity index is 1.81. The van der Waals surface area contributed by atoms with Crippen LogP contribution in [0.4, 0.5) is 10.1 Å². The number of ketones is 1. The van der Waals surface area contributed by atoms with Crippen molar-refractivity contribution in [3.8, 4) is 11.5 Å². The van der Waals surface area contributed by atoms with E-state index in [0.29, 0.717) is 28.1 Å². The molecule has 8 nitrogen and oxygen atoms in total. The summed E-state index contributed by atoms with van der Waals surface area (Å²) < 4.78 is 25.9. The van der Waals surface area contributed by atoms with Gasteiger partial charge in [-0.25, -0.2) is 4.39 Å². The normalized spacial score (nSPS) is 11.0. The predicted octanol–water partition coefficient (Wildman–Crippen LogP) is 4.26. The van der Waals surface area contributed by atoms with E-state index in [4.69, 9.17) is 9.47 Å². The number of hydrogen-bond acceptors (Lipinski definition) is 6. The fraction of sp³-hybridized carbons (Fsp3) is 0.182. The van der Waals surface area contributed by atoms with E-state index in [1.165, 1.54) is 13.2 Å². The van der Waals surface area contributed by atoms with E-state index >= 15 is 0 Å². The summed E-state index contributed by atoms with van der Waals surface area (Å²) in [5, 5.41) is 15.3. The third-order valence-electron chi connectivity index (χ3n) is 4.51. The molecule has 0 saturated heterocycles. The summed E-state index contributed by atoms with van der Waals surface area (Å²) in [6.07, 6.45) is 4.73. The summed E-state index contributed by atoms with van der Waals surface area (Å²) in [5.41, 5.74) is 2.08. The molecule has 0 spiro atoms. The van der Waals surface area contributed by atoms with Crippen LogP contribution in [0.2, 0.25) is 0 Å². The third-order valence-corrected chi connectivity index (χ3v) is 4.51. The molecule has 0 amide bonds. The molecule has 0 aliphatic heterocycles. The molecule has 3 aromatic rings. The highest BCUT2D eigenvalue weighted by Gasteiger charge is 2.17. The number of benzene rings is 2. The van der Waals surface area contributed by atoms with Crippen LogP contribution in [-0.2, 0) is 13.7 Å². The Hall–Kier alpha value is -4.01. The lowest BCUT2D eigenvalue weighted by atomic mass is 10.1. The lowest BCUT2D eigenvalue weighted by Gasteiger charge is -2.11. The maximum Gasteiger partial charge on any atom is 0.311 e. The Bertz CT molecular complexity index is 1170. The second kappa shape index (κ2) is 9.21. The van der Waals surface area contributed by atoms with E-state index in [-0.39, 0.29) is 23.8 Å². The maximum absolute atomic E-state index is 13.5. The average Bonchev–Trinajstić information content (AvgIpc) is 3.08. The number of rotatable bonds is 8. The summed E-state index contributed by atoms with van der Waals surface area (Å²) in [6.45, 7) is 1.67. The molecule has 0 unspecified atom stereocenters. The third kappa shape index (κ3) is 5.13. The Labute approximate surface area is 177 Å². The molecular weight excluding hydrogens is 405 g/mol. The van der Waals surface area contributed by atoms with Gasteiger partial charge >= 0.3 is 5.69 Å². The van der Waals surface area contributed by atoms with Crippen molar-refractivity contribution >= 4 is 17.5 Å². The van der Waals surface area contributed by atoms with Crippen molar-refractivity contribution in [2.24, 2.45) is 7.05 Å². The molecule has 0 bridgehead atoms. The highest BCUT2D eigenvalue weighted by molar-refractivity contribution is 6.07. The second-order valence-corrected chi connectivity index (χ2v) is 6.73. The molecule has 9 heteroatoms. The maximum atomic E-state index is 13.5. The van der Waals surface area contributed by atoms with Crippen molar-refractivity contribution < 1.29 is 23.6 Å². The van der Waals surface area contributed by atoms with Crippen LogP contribution in [0.1, 0.15) is 27.2 Å². The van der Waals surface area contributed by atoms with Gasteiger partial charge < -0.3 is 9.47 Å². The lowest BCUT2D eigenvalue weighted by molar-refractivity contribution is -0.386. The van der Waals surface area contributed by atoms with Crippen LogP contribution in [0, 0.1) is 22.9 Å². The number of nitrogens with zero attached hydrogens (tertiary/aromatic N) is 3. The standard InChI is InChI=1S/C22H20FN3O5/c1-14-18(12-25(2)24-14)20(27)8-4-15-5-9-21(30-3)16(10-15)13-31-22-11-17(23)6-7-19(22)26(28)29/h4-12H,13H2,1-3H3/b8-4+. The molecule has 0 fully saturated rings. The zero-order valence-corrected chi connectivity index (χ0v) is 17.2. The van der Waals surface area contributed by atoms with Crippen molar-refractivity contribution in [2.75, 3.05) is 7.11 Å². The molecule has 2 aromatic carbocycles. The monoisotopic (exact) mass is 425 g/mol. The minimum absolute atomic E-state index is 0.0925. The summed E-state index contributed by atoms with van der Waals surface area (Å²) >= 11 is 0. The number of aromatic nitrogens is 2. The second-order valence-electron chi connectivity index (χ2n) is 6.73. The van der Waals surface area contributed by atoms with Gasteiger partial charge in [-0.2, -0.15) is 5.10 Å². The molecule has 160 valence electrons. The van der Waals surface area contributed by atoms with Gasteiger partial charge in [0.05, 0.1) is 23.3 Å². The molecule has 1 heterocycles. The van der Waals surface area contributed by atoms with Crippen molar-refractivity contribution in [1.29, 1.82) is 0 Å². The number of carbonyl (C=O) groups is 1. The molecule has 0 aliphatic rings. The highest BCUT2D eigenvalue weighted by atomic mass is 19.1. The van der Waals surface area contributed by atoms with Gasteiger partial charge in [0.1, 0.15) is 18.2 Å². The highest BCUT2D eigenvalue weighted by Crippen LogP contribution is 2.30. The molecule has 31 heavy (non-hydrogen) atoms. The largest absolute Gasteiger partial charge is 0.496 e. The summed E-state index contributed by atoms with van der Waals surface area (Å²) in [4.78, 5) is 22.9. The minimum atomic E-state index is -0.645. The van der Waals surface area contributed by atoms with Gasteiger partial charge in [-0.3, -0.25) is 19.6 Å². The van der Waals surface area contributed by atoms with E-state index in [9.17, 15) is 19.3 Å². The van der Waals surface area contributed by atoms with Gasteiger partial charge in [-0.05, 0) is 36.8 Å². The minimum Gasteiger partial charge on any atom is -0.496 e.